The molecule has 2 aromatic carbocycles. The SMILES string of the molecule is C=CC(=O)NC(C)(C)C.CC(C)(C)N1CC1.CC(C)(C)OS(C)(=O)=O.CCC(O)COc1ccc(C(C)(C)c2ccc(OCC(O)COCCOCCOCCO)cc2)cc1. The lowest BCUT2D eigenvalue weighted by Gasteiger charge is -2.26. The molecule has 1 fully saturated rings. The molecule has 1 heterocycles. The van der Waals surface area contributed by atoms with Crippen LogP contribution in [-0.2, 0) is 38.7 Å². The van der Waals surface area contributed by atoms with E-state index < -0.39 is 27.9 Å². The summed E-state index contributed by atoms with van der Waals surface area (Å²) in [6.07, 6.45) is 1.78. The van der Waals surface area contributed by atoms with Gasteiger partial charge in [-0.3, -0.25) is 13.9 Å². The van der Waals surface area contributed by atoms with Gasteiger partial charge in [-0.2, -0.15) is 8.42 Å². The molecule has 14 nitrogen and oxygen atoms in total. The lowest BCUT2D eigenvalue weighted by Crippen LogP contribution is -2.39. The highest BCUT2D eigenvalue weighted by molar-refractivity contribution is 7.86. The molecule has 352 valence electrons. The molecule has 2 unspecified atom stereocenters. The van der Waals surface area contributed by atoms with Crippen LogP contribution in [0.3, 0.4) is 0 Å². The van der Waals surface area contributed by atoms with Gasteiger partial charge in [-0.05, 0) is 110 Å². The number of hydrogen-bond acceptors (Lipinski definition) is 13. The lowest BCUT2D eigenvalue weighted by molar-refractivity contribution is -0.117. The summed E-state index contributed by atoms with van der Waals surface area (Å²) in [5, 5.41) is 31.1. The second-order valence-corrected chi connectivity index (χ2v) is 19.6. The normalized spacial score (nSPS) is 14.1. The number of nitrogens with one attached hydrogen (secondary N) is 1. The van der Waals surface area contributed by atoms with Crippen LogP contribution in [0.4, 0.5) is 0 Å². The van der Waals surface area contributed by atoms with E-state index in [0.717, 1.165) is 23.1 Å². The summed E-state index contributed by atoms with van der Waals surface area (Å²) in [5.74, 6) is 1.30. The third-order valence-corrected chi connectivity index (χ3v) is 9.08. The number of rotatable bonds is 21. The molecular formula is C46H80N2O12S. The quantitative estimate of drug-likeness (QED) is 0.0505. The Morgan fingerprint density at radius 3 is 1.46 bits per heavy atom. The summed E-state index contributed by atoms with van der Waals surface area (Å²) >= 11 is 0. The van der Waals surface area contributed by atoms with Crippen molar-refractivity contribution in [3.63, 3.8) is 0 Å². The average molecular weight is 885 g/mol. The zero-order chi connectivity index (χ0) is 46.9. The fraction of sp³-hybridized carbons (Fsp3) is 0.674. The summed E-state index contributed by atoms with van der Waals surface area (Å²) < 4.78 is 52.6. The van der Waals surface area contributed by atoms with Gasteiger partial charge in [0, 0.05) is 29.6 Å². The van der Waals surface area contributed by atoms with Crippen molar-refractivity contribution in [1.29, 1.82) is 0 Å². The predicted octanol–water partition coefficient (Wildman–Crippen LogP) is 5.89. The maximum Gasteiger partial charge on any atom is 0.264 e. The lowest BCUT2D eigenvalue weighted by atomic mass is 9.78. The largest absolute Gasteiger partial charge is 0.491 e. The summed E-state index contributed by atoms with van der Waals surface area (Å²) in [5.41, 5.74) is 1.75. The van der Waals surface area contributed by atoms with Crippen LogP contribution in [0.15, 0.2) is 61.2 Å². The Hall–Kier alpha value is -3.12. The Balaban J connectivity index is 0.00000115. The fourth-order valence-electron chi connectivity index (χ4n) is 4.97. The minimum Gasteiger partial charge on any atom is -0.491 e. The molecule has 1 aliphatic heterocycles. The number of carbonyl (C=O) groups is 1. The molecule has 15 heteroatoms. The molecule has 2 atom stereocenters. The maximum atomic E-state index is 10.6. The van der Waals surface area contributed by atoms with Gasteiger partial charge < -0.3 is 44.3 Å². The molecule has 3 rings (SSSR count). The Labute approximate surface area is 368 Å². The van der Waals surface area contributed by atoms with Crippen molar-refractivity contribution in [3.8, 4) is 11.5 Å². The van der Waals surface area contributed by atoms with Crippen molar-refractivity contribution in [1.82, 2.24) is 10.2 Å². The molecule has 0 radical (unpaired) electrons. The van der Waals surface area contributed by atoms with Crippen molar-refractivity contribution in [2.75, 3.05) is 78.8 Å². The van der Waals surface area contributed by atoms with E-state index in [1.165, 1.54) is 19.2 Å². The van der Waals surface area contributed by atoms with Crippen molar-refractivity contribution >= 4 is 16.0 Å². The summed E-state index contributed by atoms with van der Waals surface area (Å²) in [4.78, 5) is 13.0. The molecule has 0 saturated carbocycles. The first-order chi connectivity index (χ1) is 28.1. The van der Waals surface area contributed by atoms with Crippen LogP contribution in [0.25, 0.3) is 0 Å². The van der Waals surface area contributed by atoms with E-state index in [1.54, 1.807) is 20.8 Å². The van der Waals surface area contributed by atoms with E-state index in [0.29, 0.717) is 57.4 Å². The van der Waals surface area contributed by atoms with Gasteiger partial charge in [0.2, 0.25) is 5.91 Å². The number of carbonyl (C=O) groups excluding carboxylic acids is 1. The Morgan fingerprint density at radius 1 is 0.738 bits per heavy atom. The molecule has 0 aliphatic carbocycles. The third kappa shape index (κ3) is 31.4. The van der Waals surface area contributed by atoms with E-state index in [4.69, 9.17) is 28.8 Å². The molecule has 61 heavy (non-hydrogen) atoms. The molecule has 0 aromatic heterocycles. The van der Waals surface area contributed by atoms with Crippen molar-refractivity contribution in [2.24, 2.45) is 0 Å². The van der Waals surface area contributed by atoms with Crippen molar-refractivity contribution in [3.05, 3.63) is 72.3 Å². The van der Waals surface area contributed by atoms with Crippen LogP contribution in [-0.4, -0.2) is 142 Å². The molecule has 1 saturated heterocycles. The molecule has 0 bridgehead atoms. The smallest absolute Gasteiger partial charge is 0.264 e. The van der Waals surface area contributed by atoms with Crippen LogP contribution in [0.5, 0.6) is 11.5 Å². The number of aliphatic hydroxyl groups excluding tert-OH is 3. The molecular weight excluding hydrogens is 805 g/mol. The topological polar surface area (TPSA) is 182 Å². The highest BCUT2D eigenvalue weighted by Gasteiger charge is 2.29. The minimum atomic E-state index is -3.28. The van der Waals surface area contributed by atoms with Gasteiger partial charge in [0.15, 0.2) is 0 Å². The number of ether oxygens (including phenoxy) is 5. The van der Waals surface area contributed by atoms with E-state index in [2.05, 4.69) is 55.6 Å². The summed E-state index contributed by atoms with van der Waals surface area (Å²) in [6, 6.07) is 15.8. The van der Waals surface area contributed by atoms with Gasteiger partial charge in [0.05, 0.1) is 64.2 Å². The van der Waals surface area contributed by atoms with Gasteiger partial charge in [0.1, 0.15) is 30.8 Å². The van der Waals surface area contributed by atoms with Crippen molar-refractivity contribution in [2.45, 2.75) is 124 Å². The first-order valence-electron chi connectivity index (χ1n) is 20.9. The monoisotopic (exact) mass is 885 g/mol. The van der Waals surface area contributed by atoms with E-state index in [9.17, 15) is 23.4 Å². The number of nitrogens with zero attached hydrogens (tertiary/aromatic N) is 1. The van der Waals surface area contributed by atoms with Gasteiger partial charge in [-0.25, -0.2) is 0 Å². The molecule has 1 aliphatic rings. The Bertz CT molecular complexity index is 1580. The summed E-state index contributed by atoms with van der Waals surface area (Å²) in [7, 11) is -3.28. The first-order valence-corrected chi connectivity index (χ1v) is 22.7. The van der Waals surface area contributed by atoms with E-state index in [-0.39, 0.29) is 36.7 Å². The van der Waals surface area contributed by atoms with Crippen LogP contribution in [0, 0.1) is 0 Å². The van der Waals surface area contributed by atoms with Crippen LogP contribution >= 0.6 is 0 Å². The molecule has 1 amide bonds. The van der Waals surface area contributed by atoms with E-state index >= 15 is 0 Å². The standard InChI is InChI=1S/C28H42O8.C7H13NO.C6H13N.C5H12O3S/c1-4-24(30)20-35-26-9-5-22(6-10-26)28(2,3)23-7-11-27(12-8-23)36-21-25(31)19-34-18-17-33-16-15-32-14-13-29;1-5-6(9)8-7(2,3)4;1-6(2,3)7-4-5-7;1-5(2,3)8-9(4,6)7/h5-12,24-25,29-31H,4,13-21H2,1-3H3;5H,1H2,2-4H3,(H,8,9);4-5H2,1-3H3;1-4H3. The molecule has 0 spiro atoms. The highest BCUT2D eigenvalue weighted by atomic mass is 32.2. The van der Waals surface area contributed by atoms with Gasteiger partial charge in [0.25, 0.3) is 10.1 Å². The van der Waals surface area contributed by atoms with Gasteiger partial charge in [-0.15, -0.1) is 0 Å². The van der Waals surface area contributed by atoms with E-state index in [1.807, 2.05) is 76.2 Å². The highest BCUT2D eigenvalue weighted by Crippen LogP contribution is 2.33. The third-order valence-electron chi connectivity index (χ3n) is 8.28. The second-order valence-electron chi connectivity index (χ2n) is 18.0. The van der Waals surface area contributed by atoms with Gasteiger partial charge in [-0.1, -0.05) is 51.6 Å². The van der Waals surface area contributed by atoms with Crippen LogP contribution < -0.4 is 14.8 Å². The second kappa shape index (κ2) is 28.5. The Kier molecular flexibility index (Phi) is 27.1. The zero-order valence-electron chi connectivity index (χ0n) is 39.4. The molecule has 4 N–H and O–H groups in total. The summed E-state index contributed by atoms with van der Waals surface area (Å²) in [6.45, 7) is 32.3. The Morgan fingerprint density at radius 2 is 1.16 bits per heavy atom. The number of hydrogen-bond donors (Lipinski definition) is 4. The minimum absolute atomic E-state index is 0.00262. The number of amides is 1. The zero-order valence-corrected chi connectivity index (χ0v) is 40.2. The number of benzene rings is 2. The van der Waals surface area contributed by atoms with Crippen molar-refractivity contribution < 1.29 is 56.4 Å². The van der Waals surface area contributed by atoms with Crippen LogP contribution in [0.1, 0.15) is 101 Å². The average Bonchev–Trinajstić information content (AvgIpc) is 4.01. The molecule has 2 aromatic rings. The first kappa shape index (κ1) is 57.9. The van der Waals surface area contributed by atoms with Crippen LogP contribution in [0.2, 0.25) is 0 Å². The number of aliphatic hydroxyl groups is 3. The fourth-order valence-corrected chi connectivity index (χ4v) is 5.88. The van der Waals surface area contributed by atoms with Gasteiger partial charge >= 0.3 is 0 Å². The predicted molar refractivity (Wildman–Crippen MR) is 243 cm³/mol. The maximum absolute atomic E-state index is 10.6.